The molecule has 10 heavy (non-hydrogen) atoms. The highest BCUT2D eigenvalue weighted by Crippen LogP contribution is 1.91. The molecule has 0 aliphatic heterocycles. The van der Waals surface area contributed by atoms with Gasteiger partial charge in [0.15, 0.2) is 0 Å². The lowest BCUT2D eigenvalue weighted by Gasteiger charge is -1.77. The number of halogens is 2. The molecule has 0 saturated carbocycles. The smallest absolute Gasteiger partial charge is 0.247 e. The highest BCUT2D eigenvalue weighted by molar-refractivity contribution is 6.67. The van der Waals surface area contributed by atoms with Crippen LogP contribution in [0.3, 0.4) is 0 Å². The Morgan fingerprint density at radius 1 is 1.50 bits per heavy atom. The summed E-state index contributed by atoms with van der Waals surface area (Å²) in [6, 6.07) is 0. The summed E-state index contributed by atoms with van der Waals surface area (Å²) in [5, 5.41) is 2.29. The molecule has 2 nitrogen and oxygen atoms in total. The van der Waals surface area contributed by atoms with E-state index in [4.69, 9.17) is 11.6 Å². The fourth-order valence-corrected chi connectivity index (χ4v) is 0. The van der Waals surface area contributed by atoms with E-state index in [1.807, 2.05) is 14.1 Å². The fraction of sp³-hybridized carbons (Fsp3) is 0.500. The van der Waals surface area contributed by atoms with E-state index in [1.54, 1.807) is 6.92 Å². The average Bonchev–Trinajstić information content (AvgIpc) is 1.68. The van der Waals surface area contributed by atoms with Gasteiger partial charge in [-0.05, 0) is 32.6 Å². The Morgan fingerprint density at radius 3 is 1.60 bits per heavy atom. The predicted molar refractivity (Wildman–Crippen MR) is 47.9 cm³/mol. The van der Waals surface area contributed by atoms with E-state index in [0.717, 1.165) is 0 Å². The highest BCUT2D eigenvalue weighted by atomic mass is 35.5. The zero-order valence-corrected chi connectivity index (χ0v) is 7.97. The average molecular weight is 186 g/mol. The Morgan fingerprint density at radius 2 is 1.60 bits per heavy atom. The Labute approximate surface area is 73.0 Å². The third kappa shape index (κ3) is 24.6. The van der Waals surface area contributed by atoms with E-state index in [1.165, 1.54) is 0 Å². The number of carbonyl (C=O) groups is 1. The minimum Gasteiger partial charge on any atom is -0.323 e. The van der Waals surface area contributed by atoms with E-state index in [2.05, 4.69) is 11.9 Å². The molecule has 0 aromatic heterocycles. The van der Waals surface area contributed by atoms with Crippen LogP contribution in [0.15, 0.2) is 12.2 Å². The van der Waals surface area contributed by atoms with Gasteiger partial charge in [0.2, 0.25) is 5.24 Å². The van der Waals surface area contributed by atoms with Crippen LogP contribution in [-0.2, 0) is 4.79 Å². The van der Waals surface area contributed by atoms with Gasteiger partial charge in [-0.3, -0.25) is 4.79 Å². The molecule has 4 heteroatoms. The number of hydrogen-bond donors (Lipinski definition) is 1. The standard InChI is InChI=1S/C4H5ClO.C2H7N.ClH/c1-3(2)4(5)6;1-3-2;/h1H2,2H3;3H,1-2H3;1H. The Balaban J connectivity index is -0.000000107. The van der Waals surface area contributed by atoms with Gasteiger partial charge in [0.25, 0.3) is 0 Å². The molecular formula is C6H13Cl2NO. The third-order valence-corrected chi connectivity index (χ3v) is 0.658. The van der Waals surface area contributed by atoms with Gasteiger partial charge in [-0.25, -0.2) is 0 Å². The van der Waals surface area contributed by atoms with Gasteiger partial charge in [-0.1, -0.05) is 6.58 Å². The molecule has 0 unspecified atom stereocenters. The van der Waals surface area contributed by atoms with Crippen molar-refractivity contribution in [2.75, 3.05) is 14.1 Å². The lowest BCUT2D eigenvalue weighted by molar-refractivity contribution is -0.108. The van der Waals surface area contributed by atoms with E-state index in [9.17, 15) is 4.79 Å². The summed E-state index contributed by atoms with van der Waals surface area (Å²) in [7, 11) is 3.75. The SMILES string of the molecule is C=C(C)C(=O)Cl.CNC.Cl. The second-order valence-corrected chi connectivity index (χ2v) is 1.90. The number of carbonyl (C=O) groups excluding carboxylic acids is 1. The topological polar surface area (TPSA) is 29.1 Å². The molecule has 0 aliphatic carbocycles. The third-order valence-electron chi connectivity index (χ3n) is 0.336. The molecule has 0 radical (unpaired) electrons. The van der Waals surface area contributed by atoms with Crippen LogP contribution in [0.5, 0.6) is 0 Å². The van der Waals surface area contributed by atoms with Crippen LogP contribution >= 0.6 is 24.0 Å². The number of nitrogens with one attached hydrogen (secondary N) is 1. The van der Waals surface area contributed by atoms with Crippen LogP contribution < -0.4 is 5.32 Å². The van der Waals surface area contributed by atoms with Gasteiger partial charge >= 0.3 is 0 Å². The van der Waals surface area contributed by atoms with Crippen molar-refractivity contribution in [1.82, 2.24) is 5.32 Å². The first-order chi connectivity index (χ1) is 4.06. The normalized spacial score (nSPS) is 6.40. The highest BCUT2D eigenvalue weighted by Gasteiger charge is 1.89. The van der Waals surface area contributed by atoms with Gasteiger partial charge in [0.1, 0.15) is 0 Å². The van der Waals surface area contributed by atoms with Crippen LogP contribution in [0.2, 0.25) is 0 Å². The lowest BCUT2D eigenvalue weighted by atomic mass is 10.4. The zero-order valence-electron chi connectivity index (χ0n) is 6.40. The van der Waals surface area contributed by atoms with Crippen molar-refractivity contribution in [3.8, 4) is 0 Å². The van der Waals surface area contributed by atoms with Crippen molar-refractivity contribution in [1.29, 1.82) is 0 Å². The lowest BCUT2D eigenvalue weighted by Crippen LogP contribution is -1.89. The molecule has 0 fully saturated rings. The van der Waals surface area contributed by atoms with Gasteiger partial charge < -0.3 is 5.32 Å². The second kappa shape index (κ2) is 11.7. The van der Waals surface area contributed by atoms with E-state index in [-0.39, 0.29) is 12.4 Å². The van der Waals surface area contributed by atoms with Crippen molar-refractivity contribution < 1.29 is 4.79 Å². The maximum Gasteiger partial charge on any atom is 0.247 e. The van der Waals surface area contributed by atoms with Gasteiger partial charge in [-0.15, -0.1) is 12.4 Å². The molecule has 0 rings (SSSR count). The Hall–Kier alpha value is -0.0500. The molecular weight excluding hydrogens is 173 g/mol. The molecule has 0 saturated heterocycles. The molecule has 0 spiro atoms. The van der Waals surface area contributed by atoms with Crippen molar-refractivity contribution in [2.45, 2.75) is 6.92 Å². The minimum atomic E-state index is -0.463. The summed E-state index contributed by atoms with van der Waals surface area (Å²) >= 11 is 4.87. The second-order valence-electron chi connectivity index (χ2n) is 1.55. The zero-order chi connectivity index (χ0) is 7.86. The van der Waals surface area contributed by atoms with E-state index < -0.39 is 5.24 Å². The summed E-state index contributed by atoms with van der Waals surface area (Å²) in [5.74, 6) is 0. The number of allylic oxidation sites excluding steroid dienone is 1. The number of hydrogen-bond acceptors (Lipinski definition) is 2. The number of rotatable bonds is 1. The maximum absolute atomic E-state index is 9.81. The first-order valence-corrected chi connectivity index (χ1v) is 2.87. The molecule has 62 valence electrons. The van der Waals surface area contributed by atoms with Crippen LogP contribution in [0.1, 0.15) is 6.92 Å². The summed E-state index contributed by atoms with van der Waals surface area (Å²) < 4.78 is 0. The quantitative estimate of drug-likeness (QED) is 0.497. The van der Waals surface area contributed by atoms with E-state index in [0.29, 0.717) is 5.57 Å². The first kappa shape index (κ1) is 16.5. The molecule has 0 heterocycles. The van der Waals surface area contributed by atoms with Crippen molar-refractivity contribution in [2.24, 2.45) is 0 Å². The Bertz CT molecular complexity index is 91.9. The van der Waals surface area contributed by atoms with Gasteiger partial charge in [0.05, 0.1) is 0 Å². The molecule has 0 aromatic carbocycles. The van der Waals surface area contributed by atoms with Crippen LogP contribution in [0.4, 0.5) is 0 Å². The molecule has 0 bridgehead atoms. The van der Waals surface area contributed by atoms with Crippen molar-refractivity contribution in [3.05, 3.63) is 12.2 Å². The van der Waals surface area contributed by atoms with Gasteiger partial charge in [-0.2, -0.15) is 0 Å². The molecule has 1 N–H and O–H groups in total. The molecule has 0 atom stereocenters. The fourth-order valence-electron chi connectivity index (χ4n) is 0. The summed E-state index contributed by atoms with van der Waals surface area (Å²) in [4.78, 5) is 9.81. The monoisotopic (exact) mass is 185 g/mol. The predicted octanol–water partition coefficient (Wildman–Crippen LogP) is 1.59. The summed E-state index contributed by atoms with van der Waals surface area (Å²) in [6.07, 6.45) is 0. The Kier molecular flexibility index (Phi) is 19.3. The summed E-state index contributed by atoms with van der Waals surface area (Å²) in [5.41, 5.74) is 0.386. The molecule has 0 amide bonds. The largest absolute Gasteiger partial charge is 0.323 e. The van der Waals surface area contributed by atoms with Crippen molar-refractivity contribution in [3.63, 3.8) is 0 Å². The molecule has 0 aliphatic rings. The maximum atomic E-state index is 9.81. The minimum absolute atomic E-state index is 0. The van der Waals surface area contributed by atoms with Crippen LogP contribution in [0, 0.1) is 0 Å². The van der Waals surface area contributed by atoms with E-state index >= 15 is 0 Å². The van der Waals surface area contributed by atoms with Crippen molar-refractivity contribution >= 4 is 29.3 Å². The van der Waals surface area contributed by atoms with Gasteiger partial charge in [0, 0.05) is 5.57 Å². The van der Waals surface area contributed by atoms with Crippen LogP contribution in [-0.4, -0.2) is 19.3 Å². The first-order valence-electron chi connectivity index (χ1n) is 2.50. The summed E-state index contributed by atoms with van der Waals surface area (Å²) in [6.45, 7) is 4.84. The molecule has 0 aromatic rings. The van der Waals surface area contributed by atoms with Crippen LogP contribution in [0.25, 0.3) is 0 Å².